The number of halogens is 2. The highest BCUT2D eigenvalue weighted by Gasteiger charge is 2.28. The van der Waals surface area contributed by atoms with Crippen LogP contribution in [0.3, 0.4) is 0 Å². The average Bonchev–Trinajstić information content (AvgIpc) is 1.39. The molecule has 652 valence electrons. The number of alkyl halides is 2. The van der Waals surface area contributed by atoms with Gasteiger partial charge in [0.25, 0.3) is 40.1 Å². The summed E-state index contributed by atoms with van der Waals surface area (Å²) in [6.45, 7) is 26.7. The number of nitrogens with zero attached hydrogens (tertiary/aromatic N) is 12. The summed E-state index contributed by atoms with van der Waals surface area (Å²) in [5, 5.41) is 50.3. The van der Waals surface area contributed by atoms with E-state index in [4.69, 9.17) is 11.1 Å². The lowest BCUT2D eigenvalue weighted by molar-refractivity contribution is -0.577. The van der Waals surface area contributed by atoms with Crippen molar-refractivity contribution in [1.29, 1.82) is 5.41 Å². The van der Waals surface area contributed by atoms with Crippen LogP contribution in [0.1, 0.15) is 128 Å². The number of rotatable bonds is 18. The van der Waals surface area contributed by atoms with Gasteiger partial charge in [-0.25, -0.2) is 66.2 Å². The van der Waals surface area contributed by atoms with Crippen LogP contribution in [0.15, 0.2) is 275 Å². The van der Waals surface area contributed by atoms with Gasteiger partial charge in [0.15, 0.2) is 11.7 Å². The third-order valence-corrected chi connectivity index (χ3v) is 26.0. The van der Waals surface area contributed by atoms with Crippen molar-refractivity contribution in [3.63, 3.8) is 0 Å². The van der Waals surface area contributed by atoms with Gasteiger partial charge in [-0.1, -0.05) is 156 Å². The van der Waals surface area contributed by atoms with Crippen molar-refractivity contribution < 1.29 is 52.4 Å². The quantitative estimate of drug-likeness (QED) is 0.0238. The fraction of sp³-hybridized carbons (Fsp3) is 0.217. The van der Waals surface area contributed by atoms with Crippen molar-refractivity contribution in [2.75, 3.05) is 24.6 Å². The molecule has 28 nitrogen and oxygen atoms in total. The molecule has 0 unspecified atom stereocenters. The minimum Gasteiger partial charge on any atom is -0.618 e. The molecule has 8 aromatic heterocycles. The molecule has 0 bridgehead atoms. The first-order valence-corrected chi connectivity index (χ1v) is 45.7. The Morgan fingerprint density at radius 3 is 1.15 bits per heavy atom. The molecule has 34 heteroatoms. The van der Waals surface area contributed by atoms with E-state index >= 15 is 0 Å². The fourth-order valence-electron chi connectivity index (χ4n) is 13.8. The third-order valence-electron chi connectivity index (χ3n) is 20.5. The number of pyridine rings is 4. The van der Waals surface area contributed by atoms with E-state index in [2.05, 4.69) is 112 Å². The van der Waals surface area contributed by atoms with Crippen molar-refractivity contribution in [3.8, 4) is 22.7 Å². The van der Waals surface area contributed by atoms with Gasteiger partial charge in [0.1, 0.15) is 42.4 Å². The van der Waals surface area contributed by atoms with E-state index in [0.717, 1.165) is 43.3 Å². The molecular weight excluding hydrogens is 1680 g/mol. The first-order valence-electron chi connectivity index (χ1n) is 39.8. The highest BCUT2D eigenvalue weighted by Crippen LogP contribution is 2.35. The van der Waals surface area contributed by atoms with Crippen LogP contribution in [0.2, 0.25) is 0 Å². The molecule has 0 atom stereocenters. The van der Waals surface area contributed by atoms with E-state index in [1.165, 1.54) is 50.6 Å². The van der Waals surface area contributed by atoms with E-state index in [1.807, 2.05) is 88.4 Å². The van der Waals surface area contributed by atoms with E-state index in [9.17, 15) is 52.9 Å². The monoisotopic (exact) mass is 1780 g/mol. The lowest BCUT2D eigenvalue weighted by Gasteiger charge is -2.19. The molecule has 0 aliphatic carbocycles. The number of hydrogen-bond acceptors (Lipinski definition) is 18. The van der Waals surface area contributed by atoms with E-state index in [0.29, 0.717) is 77.8 Å². The first-order chi connectivity index (χ1) is 59.3. The van der Waals surface area contributed by atoms with Crippen LogP contribution >= 0.6 is 0 Å². The van der Waals surface area contributed by atoms with Crippen LogP contribution in [0.4, 0.5) is 37.9 Å². The number of nitrogens with two attached hydrogens (primary N) is 1. The van der Waals surface area contributed by atoms with Crippen molar-refractivity contribution in [2.24, 2.45) is 0 Å². The van der Waals surface area contributed by atoms with Gasteiger partial charge >= 0.3 is 0 Å². The Kier molecular flexibility index (Phi) is 25.1. The zero-order valence-corrected chi connectivity index (χ0v) is 74.9. The Labute approximate surface area is 729 Å². The maximum absolute atomic E-state index is 13.4. The molecule has 0 saturated heterocycles. The van der Waals surface area contributed by atoms with Crippen LogP contribution in [-0.2, 0) is 75.1 Å². The first kappa shape index (κ1) is 90.0. The molecule has 16 aromatic rings. The number of anilines is 5. The maximum atomic E-state index is 13.4. The minimum atomic E-state index is -3.96. The second-order valence-corrected chi connectivity index (χ2v) is 40.8. The molecule has 0 saturated carbocycles. The number of aromatic nitrogens is 12. The summed E-state index contributed by atoms with van der Waals surface area (Å²) in [5.74, 6) is 1.27. The molecule has 0 aliphatic heterocycles. The van der Waals surface area contributed by atoms with Gasteiger partial charge in [-0.3, -0.25) is 29.3 Å². The lowest BCUT2D eigenvalue weighted by atomic mass is 9.87. The van der Waals surface area contributed by atoms with Gasteiger partial charge in [0.05, 0.1) is 87.0 Å². The normalized spacial score (nSPS) is 12.3. The minimum absolute atomic E-state index is 0.0583. The number of aryl methyl sites for hydroxylation is 2. The maximum Gasteiger partial charge on any atom is 0.263 e. The van der Waals surface area contributed by atoms with Gasteiger partial charge in [0, 0.05) is 58.8 Å². The predicted octanol–water partition coefficient (Wildman–Crippen LogP) is 17.6. The standard InChI is InChI=1S/C23H23FN4O3S.C23H23FN4O2S.C23H25N5O3S.C23H25N5O2S/c1-23(2,3)16-9-11-18(12-10-16)32(30,31)26-22-14-17(15-24)25-28(22)21-8-4-7-20-19(21)6-5-13-27(20)29;1-23(2,3)16-9-11-18(12-10-16)31(29,30)27-22-14-17(15-24)26-28(22)21-8-4-7-20-19(21)6-5-13-25-20;1-15-14-22(26-32(30,31)17-10-8-16(9-11-17)23(2,3)4)27(25-15)19-6-5-7-20-18(19)12-13-21(24)28(20)29;1-15-14-22(27-31(29,30)17-10-8-16(9-11-17)23(2,3)4)28(26-15)20-7-5-6-19-18(20)12-13-21(24)25-19/h4-14,26H,15H2,1-3H3;4-14,27H,15H2,1-3H3;5-14,24,26,29H,1-4H3;5-14,27H,1-4H3,(H2,24,25). The number of nitrogen functional groups attached to an aromatic ring is 1. The Morgan fingerprint density at radius 1 is 0.405 bits per heavy atom. The Balaban J connectivity index is 0.000000144. The summed E-state index contributed by atoms with van der Waals surface area (Å²) in [4.78, 5) is 9.21. The van der Waals surface area contributed by atoms with E-state index < -0.39 is 53.4 Å². The second kappa shape index (κ2) is 35.1. The predicted molar refractivity (Wildman–Crippen MR) is 487 cm³/mol. The summed E-state index contributed by atoms with van der Waals surface area (Å²) in [6.07, 6.45) is 3.04. The Bertz CT molecular complexity index is 7320. The largest absolute Gasteiger partial charge is 0.618 e. The summed E-state index contributed by atoms with van der Waals surface area (Å²) in [7, 11) is -15.5. The number of hydrogen-bond donors (Lipinski definition) is 7. The second-order valence-electron chi connectivity index (χ2n) is 34.0. The van der Waals surface area contributed by atoms with Gasteiger partial charge in [-0.15, -0.1) is 0 Å². The van der Waals surface area contributed by atoms with Crippen LogP contribution in [0.5, 0.6) is 0 Å². The van der Waals surface area contributed by atoms with Crippen LogP contribution in [0.25, 0.3) is 66.4 Å². The number of sulfonamides is 4. The summed E-state index contributed by atoms with van der Waals surface area (Å²) in [5.41, 5.74) is 15.6. The average molecular weight is 1780 g/mol. The summed E-state index contributed by atoms with van der Waals surface area (Å²) < 4.78 is 149. The molecule has 8 heterocycles. The van der Waals surface area contributed by atoms with Crippen molar-refractivity contribution in [1.82, 2.24) is 53.8 Å². The van der Waals surface area contributed by atoms with Crippen molar-refractivity contribution in [2.45, 2.75) is 152 Å². The topological polar surface area (TPSA) is 384 Å². The SMILES string of the molecule is CC(C)(C)c1ccc(S(=O)(=O)Nc2cc(CF)nn2-c2cccc3c2ccc[n+]3[O-])cc1.CC(C)(C)c1ccc(S(=O)(=O)Nc2cc(CF)nn2-c2cccc3ncccc23)cc1.Cc1cc(NS(=O)(=O)c2ccc(C(C)(C)C)cc2)n(-c2cccc3c2ccc(=N)n3O)n1.Cc1cc(NS(=O)(=O)c2ccc(C(C)(C)C)cc2)n(-c2cccc3nc(N)ccc23)n1. The van der Waals surface area contributed by atoms with Gasteiger partial charge in [0.2, 0.25) is 5.52 Å². The fourth-order valence-corrected chi connectivity index (χ4v) is 17.9. The van der Waals surface area contributed by atoms with Crippen LogP contribution in [-0.4, -0.2) is 92.7 Å². The zero-order chi connectivity index (χ0) is 91.0. The summed E-state index contributed by atoms with van der Waals surface area (Å²) in [6, 6.07) is 68.0. The third kappa shape index (κ3) is 19.9. The molecule has 16 rings (SSSR count). The summed E-state index contributed by atoms with van der Waals surface area (Å²) >= 11 is 0. The van der Waals surface area contributed by atoms with Crippen LogP contribution < -0.4 is 34.8 Å². The number of fused-ring (bicyclic) bond motifs is 4. The van der Waals surface area contributed by atoms with Gasteiger partial charge in [-0.2, -0.15) is 29.9 Å². The lowest BCUT2D eigenvalue weighted by Crippen LogP contribution is -2.26. The van der Waals surface area contributed by atoms with E-state index in [1.54, 1.807) is 169 Å². The molecule has 126 heavy (non-hydrogen) atoms. The molecule has 0 amide bonds. The molecule has 0 aliphatic rings. The molecule has 8 N–H and O–H groups in total. The highest BCUT2D eigenvalue weighted by atomic mass is 32.2. The Morgan fingerprint density at radius 2 is 0.746 bits per heavy atom. The molecule has 0 spiro atoms. The molecule has 0 radical (unpaired) electrons. The van der Waals surface area contributed by atoms with Gasteiger partial charge < -0.3 is 16.1 Å². The van der Waals surface area contributed by atoms with Crippen LogP contribution in [0, 0.1) is 24.5 Å². The molecule has 0 fully saturated rings. The number of nitrogens with one attached hydrogen (secondary N) is 5. The van der Waals surface area contributed by atoms with Crippen molar-refractivity contribution in [3.05, 3.63) is 311 Å². The smallest absolute Gasteiger partial charge is 0.263 e. The van der Waals surface area contributed by atoms with Gasteiger partial charge in [-0.05, 0) is 191 Å². The van der Waals surface area contributed by atoms with Crippen molar-refractivity contribution >= 4 is 113 Å². The molecule has 8 aromatic carbocycles. The Hall–Kier alpha value is -13.7. The zero-order valence-electron chi connectivity index (χ0n) is 71.6. The highest BCUT2D eigenvalue weighted by molar-refractivity contribution is 7.93. The number of benzene rings is 8. The van der Waals surface area contributed by atoms with E-state index in [-0.39, 0.29) is 75.6 Å². The molecular formula is C92H96F2N18O10S4.